The van der Waals surface area contributed by atoms with E-state index >= 15 is 0 Å². The lowest BCUT2D eigenvalue weighted by molar-refractivity contribution is 0.405. The van der Waals surface area contributed by atoms with Crippen molar-refractivity contribution in [3.05, 3.63) is 52.5 Å². The van der Waals surface area contributed by atoms with Gasteiger partial charge in [0.25, 0.3) is 0 Å². The van der Waals surface area contributed by atoms with Gasteiger partial charge in [-0.15, -0.1) is 24.0 Å². The topological polar surface area (TPSA) is 68.9 Å². The molecule has 0 fully saturated rings. The van der Waals surface area contributed by atoms with Crippen LogP contribution in [0.25, 0.3) is 0 Å². The van der Waals surface area contributed by atoms with Gasteiger partial charge in [-0.3, -0.25) is 4.99 Å². The SMILES string of the molecule is COc1ccc(OC)c(NC(N)=NCC(C)(C)c2cccc(Br)c2)c1.I. The van der Waals surface area contributed by atoms with Gasteiger partial charge in [0.1, 0.15) is 11.5 Å². The molecule has 5 nitrogen and oxygen atoms in total. The van der Waals surface area contributed by atoms with Crippen LogP contribution < -0.4 is 20.5 Å². The van der Waals surface area contributed by atoms with Crippen LogP contribution >= 0.6 is 39.9 Å². The normalized spacial score (nSPS) is 11.5. The molecule has 0 aliphatic heterocycles. The Hall–Kier alpha value is -1.48. The van der Waals surface area contributed by atoms with E-state index in [2.05, 4.69) is 52.2 Å². The highest BCUT2D eigenvalue weighted by Gasteiger charge is 2.20. The molecule has 2 aromatic carbocycles. The van der Waals surface area contributed by atoms with Crippen LogP contribution in [0.3, 0.4) is 0 Å². The monoisotopic (exact) mass is 533 g/mol. The molecule has 7 heteroatoms. The van der Waals surface area contributed by atoms with Gasteiger partial charge in [-0.05, 0) is 29.8 Å². The number of anilines is 1. The highest BCUT2D eigenvalue weighted by atomic mass is 127. The molecule has 0 heterocycles. The lowest BCUT2D eigenvalue weighted by Gasteiger charge is -2.23. The summed E-state index contributed by atoms with van der Waals surface area (Å²) in [5, 5.41) is 3.09. The summed E-state index contributed by atoms with van der Waals surface area (Å²) >= 11 is 3.51. The maximum absolute atomic E-state index is 6.07. The summed E-state index contributed by atoms with van der Waals surface area (Å²) in [6.45, 7) is 4.82. The summed E-state index contributed by atoms with van der Waals surface area (Å²) in [6, 6.07) is 13.7. The summed E-state index contributed by atoms with van der Waals surface area (Å²) in [4.78, 5) is 4.50. The van der Waals surface area contributed by atoms with E-state index in [-0.39, 0.29) is 29.4 Å². The first-order valence-electron chi connectivity index (χ1n) is 7.91. The van der Waals surface area contributed by atoms with Crippen molar-refractivity contribution < 1.29 is 9.47 Å². The molecule has 0 aliphatic carbocycles. The van der Waals surface area contributed by atoms with E-state index in [1.807, 2.05) is 30.3 Å². The molecule has 0 saturated carbocycles. The number of guanidine groups is 1. The number of benzene rings is 2. The van der Waals surface area contributed by atoms with Gasteiger partial charge in [0.05, 0.1) is 26.5 Å². The number of nitrogens with one attached hydrogen (secondary N) is 1. The Kier molecular flexibility index (Phi) is 8.69. The third kappa shape index (κ3) is 6.05. The van der Waals surface area contributed by atoms with Crippen molar-refractivity contribution in [3.8, 4) is 11.5 Å². The summed E-state index contributed by atoms with van der Waals surface area (Å²) < 4.78 is 11.6. The Bertz CT molecular complexity index is 766. The number of hydrogen-bond donors (Lipinski definition) is 2. The second-order valence-corrected chi connectivity index (χ2v) is 7.20. The van der Waals surface area contributed by atoms with E-state index in [1.54, 1.807) is 14.2 Å². The Labute approximate surface area is 180 Å². The summed E-state index contributed by atoms with van der Waals surface area (Å²) in [5.41, 5.74) is 7.83. The lowest BCUT2D eigenvalue weighted by Crippen LogP contribution is -2.28. The van der Waals surface area contributed by atoms with Crippen LogP contribution in [0.1, 0.15) is 19.4 Å². The summed E-state index contributed by atoms with van der Waals surface area (Å²) in [5.74, 6) is 1.71. The van der Waals surface area contributed by atoms with Crippen LogP contribution in [0, 0.1) is 0 Å². The number of nitrogens with two attached hydrogens (primary N) is 1. The molecule has 0 unspecified atom stereocenters. The van der Waals surface area contributed by atoms with Crippen molar-refractivity contribution in [1.82, 2.24) is 0 Å². The average molecular weight is 534 g/mol. The van der Waals surface area contributed by atoms with Crippen LogP contribution in [0.4, 0.5) is 5.69 Å². The Morgan fingerprint density at radius 3 is 2.50 bits per heavy atom. The zero-order valence-electron chi connectivity index (χ0n) is 15.4. The first-order chi connectivity index (χ1) is 11.9. The van der Waals surface area contributed by atoms with Gasteiger partial charge < -0.3 is 20.5 Å². The Morgan fingerprint density at radius 2 is 1.88 bits per heavy atom. The summed E-state index contributed by atoms with van der Waals surface area (Å²) in [7, 11) is 3.22. The van der Waals surface area contributed by atoms with E-state index in [1.165, 1.54) is 5.56 Å². The molecule has 2 rings (SSSR count). The largest absolute Gasteiger partial charge is 0.497 e. The molecule has 2 aromatic rings. The van der Waals surface area contributed by atoms with Crippen LogP contribution in [0.5, 0.6) is 11.5 Å². The van der Waals surface area contributed by atoms with Gasteiger partial charge in [0.15, 0.2) is 5.96 Å². The highest BCUT2D eigenvalue weighted by molar-refractivity contribution is 14.0. The number of hydrogen-bond acceptors (Lipinski definition) is 3. The fraction of sp³-hybridized carbons (Fsp3) is 0.316. The second-order valence-electron chi connectivity index (χ2n) is 6.29. The quantitative estimate of drug-likeness (QED) is 0.318. The van der Waals surface area contributed by atoms with Crippen LogP contribution in [0.15, 0.2) is 51.9 Å². The van der Waals surface area contributed by atoms with E-state index in [0.717, 1.165) is 4.47 Å². The molecular formula is C19H25BrIN3O2. The van der Waals surface area contributed by atoms with Gasteiger partial charge in [-0.1, -0.05) is 41.9 Å². The molecule has 0 spiro atoms. The van der Waals surface area contributed by atoms with Crippen molar-refractivity contribution >= 4 is 51.6 Å². The molecule has 3 N–H and O–H groups in total. The van der Waals surface area contributed by atoms with E-state index < -0.39 is 0 Å². The molecule has 0 amide bonds. The van der Waals surface area contributed by atoms with Gasteiger partial charge in [-0.2, -0.15) is 0 Å². The van der Waals surface area contributed by atoms with Gasteiger partial charge >= 0.3 is 0 Å². The second kappa shape index (κ2) is 10.0. The van der Waals surface area contributed by atoms with E-state index in [0.29, 0.717) is 29.7 Å². The molecule has 0 aliphatic rings. The van der Waals surface area contributed by atoms with Crippen LogP contribution in [0.2, 0.25) is 0 Å². The number of halogens is 2. The van der Waals surface area contributed by atoms with Crippen molar-refractivity contribution in [3.63, 3.8) is 0 Å². The Balaban J connectivity index is 0.00000338. The highest BCUT2D eigenvalue weighted by Crippen LogP contribution is 2.29. The molecule has 0 atom stereocenters. The van der Waals surface area contributed by atoms with Gasteiger partial charge in [0.2, 0.25) is 0 Å². The predicted octanol–water partition coefficient (Wildman–Crippen LogP) is 4.79. The van der Waals surface area contributed by atoms with E-state index in [9.17, 15) is 0 Å². The van der Waals surface area contributed by atoms with Crippen molar-refractivity contribution in [2.45, 2.75) is 19.3 Å². The minimum atomic E-state index is -0.144. The van der Waals surface area contributed by atoms with Gasteiger partial charge in [0, 0.05) is 16.0 Å². The average Bonchev–Trinajstić information content (AvgIpc) is 2.60. The predicted molar refractivity (Wildman–Crippen MR) is 122 cm³/mol. The number of rotatable bonds is 6. The number of nitrogens with zero attached hydrogens (tertiary/aromatic N) is 1. The maximum atomic E-state index is 6.07. The van der Waals surface area contributed by atoms with Crippen molar-refractivity contribution in [2.75, 3.05) is 26.1 Å². The number of aliphatic imine (C=N–C) groups is 1. The third-order valence-electron chi connectivity index (χ3n) is 3.92. The minimum Gasteiger partial charge on any atom is -0.497 e. The third-order valence-corrected chi connectivity index (χ3v) is 4.41. The zero-order chi connectivity index (χ0) is 18.4. The molecule has 0 radical (unpaired) electrons. The minimum absolute atomic E-state index is 0. The zero-order valence-corrected chi connectivity index (χ0v) is 19.3. The maximum Gasteiger partial charge on any atom is 0.193 e. The molecule has 0 bridgehead atoms. The standard InChI is InChI=1S/C19H24BrN3O2.HI/c1-19(2,13-6-5-7-14(20)10-13)12-22-18(21)23-16-11-15(24-3)8-9-17(16)25-4;/h5-11H,12H2,1-4H3,(H3,21,22,23);1H. The van der Waals surface area contributed by atoms with Crippen molar-refractivity contribution in [1.29, 1.82) is 0 Å². The molecule has 142 valence electrons. The van der Waals surface area contributed by atoms with Crippen LogP contribution in [-0.2, 0) is 5.41 Å². The molecule has 26 heavy (non-hydrogen) atoms. The molecule has 0 aromatic heterocycles. The number of methoxy groups -OCH3 is 2. The molecule has 0 saturated heterocycles. The molecular weight excluding hydrogens is 509 g/mol. The fourth-order valence-corrected chi connectivity index (χ4v) is 2.77. The van der Waals surface area contributed by atoms with Gasteiger partial charge in [-0.25, -0.2) is 0 Å². The van der Waals surface area contributed by atoms with E-state index in [4.69, 9.17) is 15.2 Å². The first-order valence-corrected chi connectivity index (χ1v) is 8.70. The summed E-state index contributed by atoms with van der Waals surface area (Å²) in [6.07, 6.45) is 0. The smallest absolute Gasteiger partial charge is 0.193 e. The van der Waals surface area contributed by atoms with Crippen LogP contribution in [-0.4, -0.2) is 26.7 Å². The van der Waals surface area contributed by atoms with Crippen molar-refractivity contribution in [2.24, 2.45) is 10.7 Å². The lowest BCUT2D eigenvalue weighted by atomic mass is 9.85. The first kappa shape index (κ1) is 22.6. The fourth-order valence-electron chi connectivity index (χ4n) is 2.37. The Morgan fingerprint density at radius 1 is 1.15 bits per heavy atom. The number of ether oxygens (including phenoxy) is 2.